The number of ether oxygens (including phenoxy) is 2. The lowest BCUT2D eigenvalue weighted by molar-refractivity contribution is -0.385. The number of nitrogens with zero attached hydrogens (tertiary/aromatic N) is 3. The summed E-state index contributed by atoms with van der Waals surface area (Å²) in [5.74, 6) is -0.484. The van der Waals surface area contributed by atoms with E-state index in [0.717, 1.165) is 30.5 Å². The van der Waals surface area contributed by atoms with Crippen molar-refractivity contribution in [2.75, 3.05) is 13.2 Å². The number of carbonyl (C=O) groups excluding carboxylic acids is 1. The largest absolute Gasteiger partial charge is 0.437 e. The maximum Gasteiger partial charge on any atom is 0.272 e. The summed E-state index contributed by atoms with van der Waals surface area (Å²) >= 11 is 0. The third-order valence-electron chi connectivity index (χ3n) is 6.68. The Morgan fingerprint density at radius 2 is 1.98 bits per heavy atom. The third-order valence-corrected chi connectivity index (χ3v) is 8.29. The third kappa shape index (κ3) is 6.49. The molecule has 4 rings (SSSR count). The lowest BCUT2D eigenvalue weighted by Gasteiger charge is -2.16. The molecule has 0 radical (unpaired) electrons. The van der Waals surface area contributed by atoms with Crippen LogP contribution in [0.2, 0.25) is 0 Å². The SMILES string of the molecule is CC[C@H](C)NS(=O)(=O)c1cc([N+](=O)[O-])ccc1Oc1c(C)c(C(=O)NC[C@@H]2CCCO2)nn1-c1ccc(C)cc1. The predicted molar refractivity (Wildman–Crippen MR) is 148 cm³/mol. The van der Waals surface area contributed by atoms with Crippen molar-refractivity contribution in [1.82, 2.24) is 19.8 Å². The molecule has 1 fully saturated rings. The second-order valence-corrected chi connectivity index (χ2v) is 11.5. The molecule has 0 saturated carbocycles. The van der Waals surface area contributed by atoms with Crippen molar-refractivity contribution in [2.24, 2.45) is 0 Å². The average Bonchev–Trinajstić information content (AvgIpc) is 3.56. The van der Waals surface area contributed by atoms with E-state index in [0.29, 0.717) is 30.8 Å². The van der Waals surface area contributed by atoms with Gasteiger partial charge in [0.25, 0.3) is 11.6 Å². The van der Waals surface area contributed by atoms with Crippen LogP contribution in [0.1, 0.15) is 54.7 Å². The number of benzene rings is 2. The highest BCUT2D eigenvalue weighted by Gasteiger charge is 2.29. The number of carbonyl (C=O) groups is 1. The van der Waals surface area contributed by atoms with E-state index in [1.807, 2.05) is 26.0 Å². The fraction of sp³-hybridized carbons (Fsp3) is 0.407. The second-order valence-electron chi connectivity index (χ2n) is 9.79. The monoisotopic (exact) mass is 571 g/mol. The normalized spacial score (nSPS) is 16.1. The number of aromatic nitrogens is 2. The van der Waals surface area contributed by atoms with Crippen LogP contribution in [0.25, 0.3) is 5.69 Å². The van der Waals surface area contributed by atoms with Crippen molar-refractivity contribution >= 4 is 21.6 Å². The summed E-state index contributed by atoms with van der Waals surface area (Å²) in [6.07, 6.45) is 2.23. The first-order valence-electron chi connectivity index (χ1n) is 13.0. The van der Waals surface area contributed by atoms with Crippen molar-refractivity contribution in [1.29, 1.82) is 0 Å². The van der Waals surface area contributed by atoms with Gasteiger partial charge in [-0.25, -0.2) is 13.1 Å². The summed E-state index contributed by atoms with van der Waals surface area (Å²) in [7, 11) is -4.20. The summed E-state index contributed by atoms with van der Waals surface area (Å²) in [6, 6.07) is 10.2. The lowest BCUT2D eigenvalue weighted by atomic mass is 10.2. The van der Waals surface area contributed by atoms with E-state index < -0.39 is 37.5 Å². The summed E-state index contributed by atoms with van der Waals surface area (Å²) in [4.78, 5) is 23.5. The molecule has 0 unspecified atom stereocenters. The summed E-state index contributed by atoms with van der Waals surface area (Å²) in [5.41, 5.74) is 1.63. The first kappa shape index (κ1) is 29.2. The zero-order chi connectivity index (χ0) is 29.0. The van der Waals surface area contributed by atoms with Crippen LogP contribution < -0.4 is 14.8 Å². The van der Waals surface area contributed by atoms with E-state index in [9.17, 15) is 23.3 Å². The van der Waals surface area contributed by atoms with Crippen LogP contribution in [0, 0.1) is 24.0 Å². The van der Waals surface area contributed by atoms with E-state index in [1.54, 1.807) is 26.0 Å². The number of nitro groups is 1. The number of nitro benzene ring substituents is 1. The van der Waals surface area contributed by atoms with Crippen LogP contribution in [0.3, 0.4) is 0 Å². The van der Waals surface area contributed by atoms with Gasteiger partial charge in [-0.2, -0.15) is 9.78 Å². The molecule has 2 heterocycles. The summed E-state index contributed by atoms with van der Waals surface area (Å²) in [6.45, 7) is 8.06. The molecule has 1 amide bonds. The van der Waals surface area contributed by atoms with Crippen LogP contribution in [0.15, 0.2) is 47.4 Å². The quantitative estimate of drug-likeness (QED) is 0.257. The number of non-ortho nitro benzene ring substituents is 1. The number of sulfonamides is 1. The Morgan fingerprint density at radius 3 is 2.60 bits per heavy atom. The van der Waals surface area contributed by atoms with Gasteiger partial charge in [-0.05, 0) is 58.2 Å². The van der Waals surface area contributed by atoms with E-state index >= 15 is 0 Å². The summed E-state index contributed by atoms with van der Waals surface area (Å²) in [5, 5.41) is 18.8. The molecular formula is C27H33N5O7S. The van der Waals surface area contributed by atoms with Crippen LogP contribution >= 0.6 is 0 Å². The average molecular weight is 572 g/mol. The molecule has 2 aromatic carbocycles. The van der Waals surface area contributed by atoms with Gasteiger partial charge in [0.1, 0.15) is 10.6 Å². The molecule has 214 valence electrons. The van der Waals surface area contributed by atoms with Gasteiger partial charge in [-0.3, -0.25) is 14.9 Å². The molecule has 1 aliphatic rings. The Hall–Kier alpha value is -3.81. The van der Waals surface area contributed by atoms with Gasteiger partial charge in [0.15, 0.2) is 5.69 Å². The van der Waals surface area contributed by atoms with Gasteiger partial charge in [0.2, 0.25) is 15.9 Å². The zero-order valence-electron chi connectivity index (χ0n) is 22.8. The highest BCUT2D eigenvalue weighted by molar-refractivity contribution is 7.89. The number of amides is 1. The minimum Gasteiger partial charge on any atom is -0.437 e. The maximum atomic E-state index is 13.3. The van der Waals surface area contributed by atoms with Crippen molar-refractivity contribution in [2.45, 2.75) is 64.0 Å². The first-order valence-corrected chi connectivity index (χ1v) is 14.5. The fourth-order valence-electron chi connectivity index (χ4n) is 4.19. The van der Waals surface area contributed by atoms with Crippen molar-refractivity contribution in [3.05, 3.63) is 69.4 Å². The fourth-order valence-corrected chi connectivity index (χ4v) is 5.67. The number of rotatable bonds is 11. The number of aryl methyl sites for hydroxylation is 1. The van der Waals surface area contributed by atoms with Crippen molar-refractivity contribution in [3.8, 4) is 17.3 Å². The molecule has 0 bridgehead atoms. The van der Waals surface area contributed by atoms with Crippen molar-refractivity contribution < 1.29 is 27.6 Å². The molecule has 1 saturated heterocycles. The minimum atomic E-state index is -4.20. The number of hydrogen-bond donors (Lipinski definition) is 2. The van der Waals surface area contributed by atoms with Gasteiger partial charge >= 0.3 is 0 Å². The molecular weight excluding hydrogens is 538 g/mol. The Bertz CT molecular complexity index is 1500. The summed E-state index contributed by atoms with van der Waals surface area (Å²) < 4.78 is 42.2. The molecule has 1 aromatic heterocycles. The van der Waals surface area contributed by atoms with Crippen LogP contribution in [0.4, 0.5) is 5.69 Å². The van der Waals surface area contributed by atoms with Gasteiger partial charge in [0.05, 0.1) is 16.7 Å². The highest BCUT2D eigenvalue weighted by atomic mass is 32.2. The molecule has 3 aromatic rings. The minimum absolute atomic E-state index is 0.0648. The molecule has 1 aliphatic heterocycles. The molecule has 2 N–H and O–H groups in total. The maximum absolute atomic E-state index is 13.3. The highest BCUT2D eigenvalue weighted by Crippen LogP contribution is 2.36. The van der Waals surface area contributed by atoms with Gasteiger partial charge < -0.3 is 14.8 Å². The molecule has 12 nitrogen and oxygen atoms in total. The number of nitrogens with one attached hydrogen (secondary N) is 2. The Labute approximate surface area is 232 Å². The van der Waals surface area contributed by atoms with Crippen LogP contribution in [0.5, 0.6) is 11.6 Å². The molecule has 13 heteroatoms. The standard InChI is InChI=1S/C27H33N5O7S/c1-5-18(3)30-40(36,37)24-15-21(32(34)35)12-13-23(24)39-27-19(4)25(26(33)28-16-22-7-6-14-38-22)29-31(27)20-10-8-17(2)9-11-20/h8-13,15,18,22,30H,5-7,14,16H2,1-4H3,(H,28,33)/t18-,22-/m0/s1. The van der Waals surface area contributed by atoms with E-state index in [1.165, 1.54) is 10.7 Å². The van der Waals surface area contributed by atoms with Gasteiger partial charge in [-0.1, -0.05) is 24.6 Å². The first-order chi connectivity index (χ1) is 19.0. The van der Waals surface area contributed by atoms with E-state index in [4.69, 9.17) is 9.47 Å². The molecule has 40 heavy (non-hydrogen) atoms. The second kappa shape index (κ2) is 12.1. The Kier molecular flexibility index (Phi) is 8.86. The van der Waals surface area contributed by atoms with E-state index in [-0.39, 0.29) is 23.4 Å². The Morgan fingerprint density at radius 1 is 1.25 bits per heavy atom. The molecule has 2 atom stereocenters. The van der Waals surface area contributed by atoms with E-state index in [2.05, 4.69) is 15.1 Å². The molecule has 0 spiro atoms. The van der Waals surface area contributed by atoms with Crippen LogP contribution in [-0.2, 0) is 14.8 Å². The number of hydrogen-bond acceptors (Lipinski definition) is 8. The lowest BCUT2D eigenvalue weighted by Crippen LogP contribution is -2.32. The Balaban J connectivity index is 1.78. The topological polar surface area (TPSA) is 155 Å². The predicted octanol–water partition coefficient (Wildman–Crippen LogP) is 4.18. The van der Waals surface area contributed by atoms with Crippen molar-refractivity contribution in [3.63, 3.8) is 0 Å². The smallest absolute Gasteiger partial charge is 0.272 e. The van der Waals surface area contributed by atoms with Crippen LogP contribution in [-0.4, -0.2) is 54.3 Å². The molecule has 0 aliphatic carbocycles. The van der Waals surface area contributed by atoms with Gasteiger partial charge in [-0.15, -0.1) is 0 Å². The zero-order valence-corrected chi connectivity index (χ0v) is 23.7. The van der Waals surface area contributed by atoms with Gasteiger partial charge in [0, 0.05) is 36.9 Å².